The largest absolute Gasteiger partial charge is 0.353 e. The summed E-state index contributed by atoms with van der Waals surface area (Å²) in [4.78, 5) is 38.1. The van der Waals surface area contributed by atoms with E-state index in [9.17, 15) is 14.4 Å². The summed E-state index contributed by atoms with van der Waals surface area (Å²) in [6, 6.07) is 0. The van der Waals surface area contributed by atoms with Crippen molar-refractivity contribution in [3.63, 3.8) is 0 Å². The summed E-state index contributed by atoms with van der Waals surface area (Å²) in [5, 5.41) is 2.68. The summed E-state index contributed by atoms with van der Waals surface area (Å²) in [5.74, 6) is -0.411. The minimum Gasteiger partial charge on any atom is -0.353 e. The summed E-state index contributed by atoms with van der Waals surface area (Å²) in [5.41, 5.74) is 0. The molecule has 94 valence electrons. The van der Waals surface area contributed by atoms with Crippen molar-refractivity contribution in [3.05, 3.63) is 0 Å². The molecule has 1 unspecified atom stereocenters. The highest BCUT2D eigenvalue weighted by molar-refractivity contribution is 5.90. The highest BCUT2D eigenvalue weighted by atomic mass is 16.2. The third-order valence-corrected chi connectivity index (χ3v) is 3.36. The Morgan fingerprint density at radius 3 is 2.76 bits per heavy atom. The fraction of sp³-hybridized carbons (Fsp3) is 0.727. The van der Waals surface area contributed by atoms with Crippen LogP contribution in [0.5, 0.6) is 0 Å². The lowest BCUT2D eigenvalue weighted by atomic mass is 9.95. The van der Waals surface area contributed by atoms with Gasteiger partial charge in [-0.25, -0.2) is 0 Å². The Morgan fingerprint density at radius 2 is 2.12 bits per heavy atom. The van der Waals surface area contributed by atoms with Gasteiger partial charge in [-0.1, -0.05) is 0 Å². The van der Waals surface area contributed by atoms with Gasteiger partial charge in [0, 0.05) is 39.0 Å². The Morgan fingerprint density at radius 1 is 1.35 bits per heavy atom. The molecule has 0 aliphatic carbocycles. The van der Waals surface area contributed by atoms with Gasteiger partial charge in [0.1, 0.15) is 0 Å². The maximum absolute atomic E-state index is 12.1. The fourth-order valence-electron chi connectivity index (χ4n) is 2.24. The molecule has 2 aliphatic heterocycles. The topological polar surface area (TPSA) is 69.7 Å². The van der Waals surface area contributed by atoms with Crippen LogP contribution in [-0.4, -0.2) is 60.7 Å². The van der Waals surface area contributed by atoms with Crippen LogP contribution in [0.25, 0.3) is 0 Å². The van der Waals surface area contributed by atoms with Gasteiger partial charge in [-0.15, -0.1) is 0 Å². The van der Waals surface area contributed by atoms with Crippen molar-refractivity contribution >= 4 is 17.7 Å². The number of piperazine rings is 1. The lowest BCUT2D eigenvalue weighted by Crippen LogP contribution is -2.53. The van der Waals surface area contributed by atoms with Gasteiger partial charge in [-0.05, 0) is 6.42 Å². The second-order valence-electron chi connectivity index (χ2n) is 4.61. The van der Waals surface area contributed by atoms with E-state index >= 15 is 0 Å². The number of nitrogens with zero attached hydrogens (tertiary/aromatic N) is 2. The summed E-state index contributed by atoms with van der Waals surface area (Å²) < 4.78 is 0. The number of carbonyl (C=O) groups excluding carboxylic acids is 3. The fourth-order valence-corrected chi connectivity index (χ4v) is 2.24. The number of rotatable bonds is 1. The quantitative estimate of drug-likeness (QED) is 0.626. The van der Waals surface area contributed by atoms with Crippen LogP contribution in [0.2, 0.25) is 0 Å². The molecule has 2 heterocycles. The maximum atomic E-state index is 12.1. The van der Waals surface area contributed by atoms with E-state index in [-0.39, 0.29) is 36.6 Å². The van der Waals surface area contributed by atoms with Crippen LogP contribution in [0.15, 0.2) is 0 Å². The van der Waals surface area contributed by atoms with Crippen molar-refractivity contribution in [1.82, 2.24) is 15.1 Å². The first kappa shape index (κ1) is 11.9. The molecule has 2 saturated heterocycles. The zero-order chi connectivity index (χ0) is 12.4. The molecule has 0 spiro atoms. The zero-order valence-corrected chi connectivity index (χ0v) is 9.94. The van der Waals surface area contributed by atoms with Crippen LogP contribution < -0.4 is 5.32 Å². The Labute approximate surface area is 99.9 Å². The standard InChI is InChI=1S/C11H17N3O3/c1-13-4-2-8(6-10(13)16)11(17)14-5-3-12-9(15)7-14/h8H,2-7H2,1H3,(H,12,15). The number of hydrogen-bond donors (Lipinski definition) is 1. The SMILES string of the molecule is CN1CCC(C(=O)N2CCNC(=O)C2)CC1=O. The molecule has 1 N–H and O–H groups in total. The minimum absolute atomic E-state index is 0.0102. The van der Waals surface area contributed by atoms with Gasteiger partial charge in [0.05, 0.1) is 6.54 Å². The van der Waals surface area contributed by atoms with Crippen molar-refractivity contribution < 1.29 is 14.4 Å². The average molecular weight is 239 g/mol. The first-order chi connectivity index (χ1) is 8.08. The van der Waals surface area contributed by atoms with Crippen molar-refractivity contribution in [2.75, 3.05) is 33.2 Å². The van der Waals surface area contributed by atoms with E-state index < -0.39 is 0 Å². The molecule has 3 amide bonds. The number of amides is 3. The summed E-state index contributed by atoms with van der Waals surface area (Å²) in [6.45, 7) is 1.80. The van der Waals surface area contributed by atoms with E-state index in [4.69, 9.17) is 0 Å². The van der Waals surface area contributed by atoms with Crippen LogP contribution >= 0.6 is 0 Å². The highest BCUT2D eigenvalue weighted by Crippen LogP contribution is 2.19. The number of likely N-dealkylation sites (tertiary alicyclic amines) is 1. The van der Waals surface area contributed by atoms with E-state index in [1.165, 1.54) is 0 Å². The van der Waals surface area contributed by atoms with Crippen molar-refractivity contribution in [2.24, 2.45) is 5.92 Å². The van der Waals surface area contributed by atoms with E-state index in [0.717, 1.165) is 0 Å². The minimum atomic E-state index is -0.246. The van der Waals surface area contributed by atoms with Gasteiger partial charge in [-0.3, -0.25) is 14.4 Å². The second kappa shape index (κ2) is 4.73. The van der Waals surface area contributed by atoms with Crippen molar-refractivity contribution in [1.29, 1.82) is 0 Å². The first-order valence-electron chi connectivity index (χ1n) is 5.87. The molecule has 2 rings (SSSR count). The molecule has 0 aromatic carbocycles. The van der Waals surface area contributed by atoms with Gasteiger partial charge >= 0.3 is 0 Å². The monoisotopic (exact) mass is 239 g/mol. The highest BCUT2D eigenvalue weighted by Gasteiger charge is 2.33. The van der Waals surface area contributed by atoms with Crippen LogP contribution in [-0.2, 0) is 14.4 Å². The molecule has 2 fully saturated rings. The van der Waals surface area contributed by atoms with Crippen molar-refractivity contribution in [3.8, 4) is 0 Å². The molecular weight excluding hydrogens is 222 g/mol. The number of piperidine rings is 1. The predicted octanol–water partition coefficient (Wildman–Crippen LogP) is -1.19. The Kier molecular flexibility index (Phi) is 3.31. The van der Waals surface area contributed by atoms with Gasteiger partial charge in [0.25, 0.3) is 0 Å². The van der Waals surface area contributed by atoms with Gasteiger partial charge in [-0.2, -0.15) is 0 Å². The second-order valence-corrected chi connectivity index (χ2v) is 4.61. The van der Waals surface area contributed by atoms with Gasteiger partial charge in [0.2, 0.25) is 17.7 Å². The molecule has 0 aromatic rings. The van der Waals surface area contributed by atoms with E-state index in [0.29, 0.717) is 26.1 Å². The van der Waals surface area contributed by atoms with Crippen molar-refractivity contribution in [2.45, 2.75) is 12.8 Å². The van der Waals surface area contributed by atoms with Crippen LogP contribution in [0.1, 0.15) is 12.8 Å². The molecule has 0 saturated carbocycles. The normalized spacial score (nSPS) is 25.8. The number of nitrogens with one attached hydrogen (secondary N) is 1. The summed E-state index contributed by atoms with van der Waals surface area (Å²) in [6.07, 6.45) is 0.965. The molecule has 1 atom stereocenters. The van der Waals surface area contributed by atoms with E-state index in [2.05, 4.69) is 5.32 Å². The molecule has 2 aliphatic rings. The third-order valence-electron chi connectivity index (χ3n) is 3.36. The summed E-state index contributed by atoms with van der Waals surface area (Å²) in [7, 11) is 1.75. The average Bonchev–Trinajstić information content (AvgIpc) is 2.32. The molecule has 6 heteroatoms. The Bertz CT molecular complexity index is 356. The zero-order valence-electron chi connectivity index (χ0n) is 9.94. The lowest BCUT2D eigenvalue weighted by molar-refractivity contribution is -0.146. The van der Waals surface area contributed by atoms with Crippen LogP contribution in [0.3, 0.4) is 0 Å². The summed E-state index contributed by atoms with van der Waals surface area (Å²) >= 11 is 0. The van der Waals surface area contributed by atoms with E-state index in [1.807, 2.05) is 0 Å². The van der Waals surface area contributed by atoms with Gasteiger partial charge < -0.3 is 15.1 Å². The van der Waals surface area contributed by atoms with Crippen LogP contribution in [0.4, 0.5) is 0 Å². The lowest BCUT2D eigenvalue weighted by Gasteiger charge is -2.33. The smallest absolute Gasteiger partial charge is 0.239 e. The number of carbonyl (C=O) groups is 3. The number of hydrogen-bond acceptors (Lipinski definition) is 3. The predicted molar refractivity (Wildman–Crippen MR) is 60.0 cm³/mol. The molecule has 17 heavy (non-hydrogen) atoms. The Hall–Kier alpha value is -1.59. The molecular formula is C11H17N3O3. The third kappa shape index (κ3) is 2.57. The Balaban J connectivity index is 1.95. The molecule has 6 nitrogen and oxygen atoms in total. The maximum Gasteiger partial charge on any atom is 0.239 e. The molecule has 0 bridgehead atoms. The first-order valence-corrected chi connectivity index (χ1v) is 5.87. The molecule has 0 radical (unpaired) electrons. The molecule has 0 aromatic heterocycles. The van der Waals surface area contributed by atoms with E-state index in [1.54, 1.807) is 16.8 Å². The van der Waals surface area contributed by atoms with Gasteiger partial charge in [0.15, 0.2) is 0 Å². The van der Waals surface area contributed by atoms with Crippen LogP contribution in [0, 0.1) is 5.92 Å².